The van der Waals surface area contributed by atoms with Crippen LogP contribution in [-0.2, 0) is 11.2 Å². The van der Waals surface area contributed by atoms with Crippen LogP contribution in [0.5, 0.6) is 0 Å². The summed E-state index contributed by atoms with van der Waals surface area (Å²) in [5.41, 5.74) is 6.65. The van der Waals surface area contributed by atoms with Crippen molar-refractivity contribution < 1.29 is 4.79 Å². The van der Waals surface area contributed by atoms with Crippen molar-refractivity contribution in [1.82, 2.24) is 5.43 Å². The Bertz CT molecular complexity index is 907. The van der Waals surface area contributed by atoms with Crippen LogP contribution in [0.3, 0.4) is 0 Å². The number of amides is 1. The summed E-state index contributed by atoms with van der Waals surface area (Å²) in [7, 11) is 0. The van der Waals surface area contributed by atoms with Gasteiger partial charge in [0.2, 0.25) is 5.91 Å². The summed E-state index contributed by atoms with van der Waals surface area (Å²) in [4.78, 5) is 12.2. The number of fused-ring (bicyclic) bond motifs is 1. The van der Waals surface area contributed by atoms with E-state index in [1.807, 2.05) is 62.4 Å². The van der Waals surface area contributed by atoms with Crippen LogP contribution in [0.25, 0.3) is 10.8 Å². The van der Waals surface area contributed by atoms with Crippen molar-refractivity contribution in [3.63, 3.8) is 0 Å². The average Bonchev–Trinajstić information content (AvgIpc) is 2.60. The lowest BCUT2D eigenvalue weighted by Gasteiger charge is -2.07. The molecule has 0 aliphatic carbocycles. The summed E-state index contributed by atoms with van der Waals surface area (Å²) in [5.74, 6) is -0.113. The Kier molecular flexibility index (Phi) is 4.71. The second-order valence-corrected chi connectivity index (χ2v) is 5.92. The van der Waals surface area contributed by atoms with Gasteiger partial charge in [-0.3, -0.25) is 4.79 Å². The van der Waals surface area contributed by atoms with E-state index in [1.54, 1.807) is 0 Å². The molecule has 3 nitrogen and oxygen atoms in total. The molecule has 0 aromatic heterocycles. The van der Waals surface area contributed by atoms with E-state index in [4.69, 9.17) is 0 Å². The molecule has 0 aliphatic heterocycles. The van der Waals surface area contributed by atoms with E-state index < -0.39 is 0 Å². The van der Waals surface area contributed by atoms with Crippen LogP contribution in [0, 0.1) is 6.92 Å². The maximum atomic E-state index is 12.2. The zero-order valence-corrected chi connectivity index (χ0v) is 13.9. The molecule has 0 aliphatic rings. The van der Waals surface area contributed by atoms with Crippen LogP contribution in [-0.4, -0.2) is 11.6 Å². The lowest BCUT2D eigenvalue weighted by Crippen LogP contribution is -2.21. The van der Waals surface area contributed by atoms with E-state index in [0.29, 0.717) is 6.42 Å². The smallest absolute Gasteiger partial charge is 0.244 e. The zero-order valence-electron chi connectivity index (χ0n) is 13.9. The first-order valence-electron chi connectivity index (χ1n) is 8.00. The number of rotatable bonds is 4. The highest BCUT2D eigenvalue weighted by Crippen LogP contribution is 2.18. The van der Waals surface area contributed by atoms with Gasteiger partial charge in [0.1, 0.15) is 0 Å². The average molecular weight is 316 g/mol. The normalized spacial score (nSPS) is 11.5. The third kappa shape index (κ3) is 3.69. The number of hydrogen-bond donors (Lipinski definition) is 1. The second kappa shape index (κ2) is 7.09. The van der Waals surface area contributed by atoms with Gasteiger partial charge in [0.25, 0.3) is 0 Å². The molecular formula is C21H20N2O. The molecular weight excluding hydrogens is 296 g/mol. The maximum absolute atomic E-state index is 12.2. The molecule has 0 unspecified atom stereocenters. The lowest BCUT2D eigenvalue weighted by atomic mass is 10.0. The molecule has 1 amide bonds. The number of hydrogen-bond acceptors (Lipinski definition) is 2. The van der Waals surface area contributed by atoms with Gasteiger partial charge in [-0.1, -0.05) is 72.3 Å². The van der Waals surface area contributed by atoms with E-state index >= 15 is 0 Å². The van der Waals surface area contributed by atoms with E-state index in [-0.39, 0.29) is 5.91 Å². The number of carbonyl (C=O) groups excluding carboxylic acids is 1. The minimum Gasteiger partial charge on any atom is -0.273 e. The van der Waals surface area contributed by atoms with Crippen LogP contribution in [0.4, 0.5) is 0 Å². The van der Waals surface area contributed by atoms with Gasteiger partial charge in [0, 0.05) is 0 Å². The number of aryl methyl sites for hydroxylation is 1. The van der Waals surface area contributed by atoms with Gasteiger partial charge in [-0.25, -0.2) is 5.43 Å². The highest BCUT2D eigenvalue weighted by Gasteiger charge is 2.06. The van der Waals surface area contributed by atoms with Gasteiger partial charge >= 0.3 is 0 Å². The number of benzene rings is 3. The first-order chi connectivity index (χ1) is 11.6. The molecule has 3 aromatic carbocycles. The summed E-state index contributed by atoms with van der Waals surface area (Å²) < 4.78 is 0. The van der Waals surface area contributed by atoms with Crippen LogP contribution in [0.2, 0.25) is 0 Å². The molecule has 0 fully saturated rings. The Morgan fingerprint density at radius 2 is 1.75 bits per heavy atom. The number of nitrogens with zero attached hydrogens (tertiary/aromatic N) is 1. The molecule has 0 heterocycles. The van der Waals surface area contributed by atoms with Crippen LogP contribution in [0.15, 0.2) is 71.8 Å². The number of nitrogens with one attached hydrogen (secondary N) is 1. The molecule has 1 N–H and O–H groups in total. The van der Waals surface area contributed by atoms with Crippen molar-refractivity contribution in [1.29, 1.82) is 0 Å². The molecule has 120 valence electrons. The van der Waals surface area contributed by atoms with Crippen LogP contribution in [0.1, 0.15) is 23.6 Å². The summed E-state index contributed by atoms with van der Waals surface area (Å²) in [6.45, 7) is 3.93. The number of hydrazone groups is 1. The van der Waals surface area contributed by atoms with E-state index in [1.165, 1.54) is 5.56 Å². The first-order valence-corrected chi connectivity index (χ1v) is 8.00. The van der Waals surface area contributed by atoms with Gasteiger partial charge in [-0.2, -0.15) is 5.10 Å². The van der Waals surface area contributed by atoms with Crippen molar-refractivity contribution >= 4 is 22.4 Å². The molecule has 0 atom stereocenters. The zero-order chi connectivity index (χ0) is 16.9. The van der Waals surface area contributed by atoms with E-state index in [0.717, 1.165) is 27.6 Å². The largest absolute Gasteiger partial charge is 0.273 e. The monoisotopic (exact) mass is 316 g/mol. The molecule has 0 saturated heterocycles. The summed E-state index contributed by atoms with van der Waals surface area (Å²) >= 11 is 0. The Morgan fingerprint density at radius 3 is 2.58 bits per heavy atom. The summed E-state index contributed by atoms with van der Waals surface area (Å²) in [5, 5.41) is 6.48. The Balaban J connectivity index is 1.72. The van der Waals surface area contributed by atoms with Gasteiger partial charge < -0.3 is 0 Å². The molecule has 0 radical (unpaired) electrons. The Hall–Kier alpha value is -2.94. The van der Waals surface area contributed by atoms with Gasteiger partial charge in [0.05, 0.1) is 12.1 Å². The predicted molar refractivity (Wildman–Crippen MR) is 99.2 cm³/mol. The molecule has 0 bridgehead atoms. The molecule has 0 spiro atoms. The maximum Gasteiger partial charge on any atom is 0.244 e. The van der Waals surface area contributed by atoms with Crippen molar-refractivity contribution in [3.05, 3.63) is 83.4 Å². The fourth-order valence-corrected chi connectivity index (χ4v) is 2.74. The fraction of sp³-hybridized carbons (Fsp3) is 0.143. The highest BCUT2D eigenvalue weighted by atomic mass is 16.2. The Morgan fingerprint density at radius 1 is 1.00 bits per heavy atom. The van der Waals surface area contributed by atoms with Crippen LogP contribution < -0.4 is 5.43 Å². The molecule has 3 rings (SSSR count). The van der Waals surface area contributed by atoms with Gasteiger partial charge in [-0.05, 0) is 35.7 Å². The third-order valence-electron chi connectivity index (χ3n) is 4.02. The second-order valence-electron chi connectivity index (χ2n) is 5.92. The molecule has 3 heteroatoms. The quantitative estimate of drug-likeness (QED) is 0.568. The van der Waals surface area contributed by atoms with Crippen molar-refractivity contribution in [3.8, 4) is 0 Å². The minimum atomic E-state index is -0.113. The molecule has 24 heavy (non-hydrogen) atoms. The topological polar surface area (TPSA) is 41.5 Å². The minimum absolute atomic E-state index is 0.113. The van der Waals surface area contributed by atoms with Gasteiger partial charge in [0.15, 0.2) is 0 Å². The lowest BCUT2D eigenvalue weighted by molar-refractivity contribution is -0.120. The molecule has 3 aromatic rings. The SMILES string of the molecule is C/C(=N\NC(=O)Cc1cccc2ccccc12)c1cccc(C)c1. The summed E-state index contributed by atoms with van der Waals surface area (Å²) in [6.07, 6.45) is 0.311. The fourth-order valence-electron chi connectivity index (χ4n) is 2.74. The van der Waals surface area contributed by atoms with E-state index in [9.17, 15) is 4.79 Å². The first kappa shape index (κ1) is 15.9. The number of carbonyl (C=O) groups is 1. The van der Waals surface area contributed by atoms with Crippen molar-refractivity contribution in [2.75, 3.05) is 0 Å². The predicted octanol–water partition coefficient (Wildman–Crippen LogP) is 4.23. The van der Waals surface area contributed by atoms with Crippen molar-refractivity contribution in [2.45, 2.75) is 20.3 Å². The third-order valence-corrected chi connectivity index (χ3v) is 4.02. The van der Waals surface area contributed by atoms with Crippen LogP contribution >= 0.6 is 0 Å². The van der Waals surface area contributed by atoms with E-state index in [2.05, 4.69) is 28.7 Å². The Labute approximate surface area is 142 Å². The molecule has 0 saturated carbocycles. The van der Waals surface area contributed by atoms with Gasteiger partial charge in [-0.15, -0.1) is 0 Å². The van der Waals surface area contributed by atoms with Crippen molar-refractivity contribution in [2.24, 2.45) is 5.10 Å². The standard InChI is InChI=1S/C21H20N2O/c1-15-7-5-10-18(13-15)16(2)22-23-21(24)14-19-11-6-9-17-8-3-4-12-20(17)19/h3-13H,14H2,1-2H3,(H,23,24)/b22-16+. The summed E-state index contributed by atoms with van der Waals surface area (Å²) in [6, 6.07) is 22.2. The highest BCUT2D eigenvalue weighted by molar-refractivity contribution is 5.99.